The van der Waals surface area contributed by atoms with Crippen LogP contribution < -0.4 is 4.74 Å². The van der Waals surface area contributed by atoms with Gasteiger partial charge in [-0.05, 0) is 42.3 Å². The van der Waals surface area contributed by atoms with E-state index in [0.29, 0.717) is 16.8 Å². The normalized spacial score (nSPS) is 29.9. The van der Waals surface area contributed by atoms with E-state index < -0.39 is 22.8 Å². The zero-order chi connectivity index (χ0) is 20.4. The van der Waals surface area contributed by atoms with Crippen LogP contribution in [0, 0.1) is 5.82 Å². The molecule has 1 fully saturated rings. The van der Waals surface area contributed by atoms with Crippen LogP contribution in [0.5, 0.6) is 5.75 Å². The molecular weight excluding hydrogens is 465 g/mol. The van der Waals surface area contributed by atoms with Gasteiger partial charge in [-0.25, -0.2) is 4.39 Å². The van der Waals surface area contributed by atoms with Crippen LogP contribution in [0.4, 0.5) is 4.39 Å². The second kappa shape index (κ2) is 6.88. The van der Waals surface area contributed by atoms with E-state index in [4.69, 9.17) is 16.3 Å². The van der Waals surface area contributed by atoms with Crippen LogP contribution in [0.25, 0.3) is 0 Å². The molecule has 0 radical (unpaired) electrons. The van der Waals surface area contributed by atoms with Gasteiger partial charge in [0, 0.05) is 33.4 Å². The largest absolute Gasteiger partial charge is 0.597 e. The quantitative estimate of drug-likeness (QED) is 0.313. The summed E-state index contributed by atoms with van der Waals surface area (Å²) < 4.78 is 36.0. The van der Waals surface area contributed by atoms with Gasteiger partial charge < -0.3 is 9.29 Å². The molecule has 2 aromatic rings. The third-order valence-corrected chi connectivity index (χ3v) is 8.84. The maximum absolute atomic E-state index is 14.3. The van der Waals surface area contributed by atoms with Gasteiger partial charge in [0.25, 0.3) is 0 Å². The molecule has 0 amide bonds. The lowest BCUT2D eigenvalue weighted by Crippen LogP contribution is -2.44. The zero-order valence-electron chi connectivity index (χ0n) is 16.1. The second-order valence-electron chi connectivity index (χ2n) is 8.36. The van der Waals surface area contributed by atoms with Crippen LogP contribution in [0.3, 0.4) is 0 Å². The van der Waals surface area contributed by atoms with Crippen molar-refractivity contribution in [3.05, 3.63) is 62.8 Å². The van der Waals surface area contributed by atoms with E-state index in [1.165, 1.54) is 6.07 Å². The SMILES string of the molecule is C[C@H]1c2c(cc(F)c(Cl)c2Br)O[C@@]1(c1ccccc1)C1CN1[S+]([O-])C(C)(C)C. The van der Waals surface area contributed by atoms with Crippen LogP contribution >= 0.6 is 27.5 Å². The first kappa shape index (κ1) is 20.5. The van der Waals surface area contributed by atoms with Crippen molar-refractivity contribution in [2.45, 2.75) is 50.0 Å². The molecule has 0 aliphatic carbocycles. The average molecular weight is 487 g/mol. The fourth-order valence-corrected chi connectivity index (χ4v) is 6.38. The predicted molar refractivity (Wildman–Crippen MR) is 115 cm³/mol. The van der Waals surface area contributed by atoms with Gasteiger partial charge in [-0.2, -0.15) is 0 Å². The summed E-state index contributed by atoms with van der Waals surface area (Å²) in [5.41, 5.74) is 1.08. The molecule has 28 heavy (non-hydrogen) atoms. The smallest absolute Gasteiger partial charge is 0.162 e. The van der Waals surface area contributed by atoms with Crippen molar-refractivity contribution >= 4 is 38.9 Å². The molecule has 2 aromatic carbocycles. The molecule has 0 bridgehead atoms. The van der Waals surface area contributed by atoms with Gasteiger partial charge in [-0.15, -0.1) is 4.31 Å². The summed E-state index contributed by atoms with van der Waals surface area (Å²) in [5.74, 6) is -0.142. The third-order valence-electron chi connectivity index (χ3n) is 5.54. The van der Waals surface area contributed by atoms with Crippen LogP contribution in [0.15, 0.2) is 40.9 Å². The average Bonchev–Trinajstić information content (AvgIpc) is 3.38. The van der Waals surface area contributed by atoms with Crippen molar-refractivity contribution in [2.24, 2.45) is 0 Å². The van der Waals surface area contributed by atoms with E-state index in [1.54, 1.807) is 0 Å². The Morgan fingerprint density at radius 2 is 1.96 bits per heavy atom. The minimum Gasteiger partial charge on any atom is -0.597 e. The maximum atomic E-state index is 14.3. The Morgan fingerprint density at radius 3 is 2.57 bits per heavy atom. The van der Waals surface area contributed by atoms with Gasteiger partial charge in [-0.3, -0.25) is 0 Å². The van der Waals surface area contributed by atoms with Crippen molar-refractivity contribution in [3.8, 4) is 5.75 Å². The number of hydrogen-bond donors (Lipinski definition) is 0. The maximum Gasteiger partial charge on any atom is 0.162 e. The van der Waals surface area contributed by atoms with Crippen molar-refractivity contribution in [1.29, 1.82) is 0 Å². The van der Waals surface area contributed by atoms with E-state index in [-0.39, 0.29) is 21.7 Å². The van der Waals surface area contributed by atoms with Gasteiger partial charge >= 0.3 is 0 Å². The molecule has 2 aliphatic rings. The molecule has 0 saturated carbocycles. The molecule has 5 atom stereocenters. The van der Waals surface area contributed by atoms with Gasteiger partial charge in [0.05, 0.1) is 11.6 Å². The summed E-state index contributed by atoms with van der Waals surface area (Å²) in [5, 5.41) is 0.0592. The number of hydrogen-bond acceptors (Lipinski definition) is 3. The molecule has 3 nitrogen and oxygen atoms in total. The Hall–Kier alpha value is -0.790. The molecule has 0 N–H and O–H groups in total. The molecule has 0 aromatic heterocycles. The summed E-state index contributed by atoms with van der Waals surface area (Å²) in [6.07, 6.45) is 0. The molecule has 2 aliphatic heterocycles. The number of fused-ring (bicyclic) bond motifs is 1. The van der Waals surface area contributed by atoms with Crippen LogP contribution in [-0.2, 0) is 17.0 Å². The highest BCUT2D eigenvalue weighted by atomic mass is 79.9. The fraction of sp³-hybridized carbons (Fsp3) is 0.429. The standard InChI is InChI=1S/C21H22BrClFNO2S/c1-12-17-15(10-14(24)19(23)18(17)22)27-21(12,13-8-6-5-7-9-13)16-11-25(16)28(26)20(2,3)4/h5-10,12,16H,11H2,1-4H3/t12-,16?,21-,25?,28?/m0/s1. The lowest BCUT2D eigenvalue weighted by Gasteiger charge is -2.35. The molecule has 4 rings (SSSR count). The molecule has 3 unspecified atom stereocenters. The Kier molecular flexibility index (Phi) is 5.03. The van der Waals surface area contributed by atoms with Crippen LogP contribution in [0.1, 0.15) is 44.7 Å². The Bertz CT molecular complexity index is 923. The number of benzene rings is 2. The Labute approximate surface area is 181 Å². The number of nitrogens with zero attached hydrogens (tertiary/aromatic N) is 1. The first-order valence-corrected chi connectivity index (χ1v) is 11.5. The highest BCUT2D eigenvalue weighted by Gasteiger charge is 2.66. The van der Waals surface area contributed by atoms with Gasteiger partial charge in [0.1, 0.15) is 22.4 Å². The molecule has 7 heteroatoms. The highest BCUT2D eigenvalue weighted by Crippen LogP contribution is 2.59. The van der Waals surface area contributed by atoms with Crippen molar-refractivity contribution < 1.29 is 13.7 Å². The first-order chi connectivity index (χ1) is 13.1. The topological polar surface area (TPSA) is 35.3 Å². The Morgan fingerprint density at radius 1 is 1.32 bits per heavy atom. The molecule has 0 spiro atoms. The van der Waals surface area contributed by atoms with E-state index in [9.17, 15) is 8.94 Å². The van der Waals surface area contributed by atoms with Gasteiger partial charge in [0.2, 0.25) is 0 Å². The number of halogens is 3. The van der Waals surface area contributed by atoms with E-state index in [1.807, 2.05) is 55.4 Å². The third kappa shape index (κ3) is 3.00. The first-order valence-electron chi connectivity index (χ1n) is 9.19. The molecule has 2 heterocycles. The van der Waals surface area contributed by atoms with E-state index >= 15 is 0 Å². The van der Waals surface area contributed by atoms with Gasteiger partial charge in [-0.1, -0.05) is 48.9 Å². The minimum absolute atomic E-state index is 0.0592. The zero-order valence-corrected chi connectivity index (χ0v) is 19.3. The molecule has 150 valence electrons. The second-order valence-corrected chi connectivity index (χ2v) is 11.7. The summed E-state index contributed by atoms with van der Waals surface area (Å²) in [7, 11) is 0. The van der Waals surface area contributed by atoms with Crippen molar-refractivity contribution in [1.82, 2.24) is 4.31 Å². The van der Waals surface area contributed by atoms with Gasteiger partial charge in [0.15, 0.2) is 5.60 Å². The summed E-state index contributed by atoms with van der Waals surface area (Å²) in [6.45, 7) is 8.62. The molecule has 1 saturated heterocycles. The fourth-order valence-electron chi connectivity index (χ4n) is 4.12. The van der Waals surface area contributed by atoms with Crippen molar-refractivity contribution in [3.63, 3.8) is 0 Å². The summed E-state index contributed by atoms with van der Waals surface area (Å²) in [6, 6.07) is 11.2. The highest BCUT2D eigenvalue weighted by molar-refractivity contribution is 9.10. The van der Waals surface area contributed by atoms with Crippen molar-refractivity contribution in [2.75, 3.05) is 6.54 Å². The monoisotopic (exact) mass is 485 g/mol. The Balaban J connectivity index is 1.83. The van der Waals surface area contributed by atoms with Crippen LogP contribution in [-0.4, -0.2) is 26.2 Å². The minimum atomic E-state index is -1.16. The number of ether oxygens (including phenoxy) is 1. The van der Waals surface area contributed by atoms with Crippen LogP contribution in [0.2, 0.25) is 5.02 Å². The predicted octanol–water partition coefficient (Wildman–Crippen LogP) is 5.78. The molecular formula is C21H22BrClFNO2S. The summed E-state index contributed by atoms with van der Waals surface area (Å²) >= 11 is 8.47. The van der Waals surface area contributed by atoms with E-state index in [2.05, 4.69) is 22.9 Å². The lowest BCUT2D eigenvalue weighted by molar-refractivity contribution is 0.0612. The number of rotatable bonds is 3. The lowest BCUT2D eigenvalue weighted by atomic mass is 9.78. The summed E-state index contributed by atoms with van der Waals surface area (Å²) in [4.78, 5) is 0. The van der Waals surface area contributed by atoms with E-state index in [0.717, 1.165) is 11.1 Å².